The Morgan fingerprint density at radius 1 is 1.42 bits per heavy atom. The van der Waals surface area contributed by atoms with E-state index in [2.05, 4.69) is 5.32 Å². The van der Waals surface area contributed by atoms with Gasteiger partial charge in [-0.1, -0.05) is 0 Å². The van der Waals surface area contributed by atoms with Crippen LogP contribution in [0.25, 0.3) is 0 Å². The fourth-order valence-corrected chi connectivity index (χ4v) is 4.12. The lowest BCUT2D eigenvalue weighted by atomic mass is 9.95. The fourth-order valence-electron chi connectivity index (χ4n) is 2.99. The van der Waals surface area contributed by atoms with Crippen molar-refractivity contribution in [3.63, 3.8) is 0 Å². The Morgan fingerprint density at radius 3 is 2.95 bits per heavy atom. The summed E-state index contributed by atoms with van der Waals surface area (Å²) in [4.78, 5) is 13.8. The Labute approximate surface area is 118 Å². The number of carbonyl (C=O) groups excluding carboxylic acids is 1. The summed E-state index contributed by atoms with van der Waals surface area (Å²) < 4.78 is 0. The molecule has 0 saturated heterocycles. The summed E-state index contributed by atoms with van der Waals surface area (Å²) in [6.45, 7) is 0.156. The normalized spacial score (nSPS) is 19.8. The van der Waals surface area contributed by atoms with Gasteiger partial charge in [-0.2, -0.15) is 0 Å². The number of carbonyl (C=O) groups is 1. The van der Waals surface area contributed by atoms with Crippen LogP contribution in [0.15, 0.2) is 5.38 Å². The number of rotatable bonds is 5. The minimum atomic E-state index is 0.0738. The minimum absolute atomic E-state index is 0.0738. The minimum Gasteiger partial charge on any atom is -0.396 e. The molecule has 104 valence electrons. The summed E-state index contributed by atoms with van der Waals surface area (Å²) >= 11 is 1.73. The van der Waals surface area contributed by atoms with E-state index >= 15 is 0 Å². The number of nitrogens with one attached hydrogen (secondary N) is 1. The van der Waals surface area contributed by atoms with E-state index in [0.29, 0.717) is 12.3 Å². The highest BCUT2D eigenvalue weighted by Gasteiger charge is 2.32. The van der Waals surface area contributed by atoms with Crippen molar-refractivity contribution in [1.29, 1.82) is 0 Å². The van der Waals surface area contributed by atoms with E-state index in [1.807, 2.05) is 5.38 Å². The monoisotopic (exact) mass is 279 g/mol. The number of fused-ring (bicyclic) bond motifs is 1. The maximum Gasteiger partial charge on any atom is 0.252 e. The van der Waals surface area contributed by atoms with E-state index in [0.717, 1.165) is 18.4 Å². The summed E-state index contributed by atoms with van der Waals surface area (Å²) in [6.07, 6.45) is 7.70. The zero-order valence-electron chi connectivity index (χ0n) is 11.2. The Kier molecular flexibility index (Phi) is 3.89. The van der Waals surface area contributed by atoms with E-state index in [4.69, 9.17) is 5.11 Å². The van der Waals surface area contributed by atoms with Crippen molar-refractivity contribution in [2.24, 2.45) is 5.92 Å². The Morgan fingerprint density at radius 2 is 2.21 bits per heavy atom. The van der Waals surface area contributed by atoms with Crippen molar-refractivity contribution in [3.8, 4) is 0 Å². The summed E-state index contributed by atoms with van der Waals surface area (Å²) in [6, 6.07) is 0.164. The zero-order valence-corrected chi connectivity index (χ0v) is 12.0. The first-order chi connectivity index (χ1) is 9.29. The molecular formula is C15H21NO2S. The van der Waals surface area contributed by atoms with Gasteiger partial charge in [0, 0.05) is 22.9 Å². The molecule has 1 saturated carbocycles. The first-order valence-electron chi connectivity index (χ1n) is 7.30. The molecule has 2 aliphatic rings. The molecule has 3 nitrogen and oxygen atoms in total. The molecule has 0 aromatic carbocycles. The van der Waals surface area contributed by atoms with E-state index in [1.54, 1.807) is 11.3 Å². The molecule has 1 aromatic heterocycles. The van der Waals surface area contributed by atoms with Crippen molar-refractivity contribution in [2.75, 3.05) is 6.61 Å². The van der Waals surface area contributed by atoms with Crippen molar-refractivity contribution in [1.82, 2.24) is 5.32 Å². The Hall–Kier alpha value is -0.870. The van der Waals surface area contributed by atoms with Gasteiger partial charge in [-0.25, -0.2) is 0 Å². The SMILES string of the molecule is O=C(NC(CCO)C1CC1)c1csc2c1CCCC2. The summed E-state index contributed by atoms with van der Waals surface area (Å²) in [5.74, 6) is 0.662. The summed E-state index contributed by atoms with van der Waals surface area (Å²) in [5.41, 5.74) is 2.18. The third kappa shape index (κ3) is 2.84. The van der Waals surface area contributed by atoms with Gasteiger partial charge in [-0.05, 0) is 56.4 Å². The number of aryl methyl sites for hydroxylation is 1. The quantitative estimate of drug-likeness (QED) is 0.870. The van der Waals surface area contributed by atoms with E-state index in [9.17, 15) is 4.79 Å². The van der Waals surface area contributed by atoms with Crippen molar-refractivity contribution in [3.05, 3.63) is 21.4 Å². The van der Waals surface area contributed by atoms with Crippen LogP contribution < -0.4 is 5.32 Å². The van der Waals surface area contributed by atoms with Gasteiger partial charge in [-0.15, -0.1) is 11.3 Å². The molecule has 0 aliphatic heterocycles. The van der Waals surface area contributed by atoms with E-state index in [1.165, 1.54) is 36.1 Å². The first-order valence-corrected chi connectivity index (χ1v) is 8.18. The van der Waals surface area contributed by atoms with Gasteiger partial charge < -0.3 is 10.4 Å². The van der Waals surface area contributed by atoms with E-state index < -0.39 is 0 Å². The van der Waals surface area contributed by atoms with Gasteiger partial charge in [0.25, 0.3) is 5.91 Å². The van der Waals surface area contributed by atoms with E-state index in [-0.39, 0.29) is 18.6 Å². The second-order valence-electron chi connectivity index (χ2n) is 5.69. The fraction of sp³-hybridized carbons (Fsp3) is 0.667. The second kappa shape index (κ2) is 5.63. The maximum atomic E-state index is 12.4. The topological polar surface area (TPSA) is 49.3 Å². The summed E-state index contributed by atoms with van der Waals surface area (Å²) in [5, 5.41) is 14.3. The number of hydrogen-bond acceptors (Lipinski definition) is 3. The number of amides is 1. The first kappa shape index (κ1) is 13.1. The third-order valence-electron chi connectivity index (χ3n) is 4.25. The van der Waals surface area contributed by atoms with Gasteiger partial charge >= 0.3 is 0 Å². The van der Waals surface area contributed by atoms with Crippen molar-refractivity contribution < 1.29 is 9.90 Å². The third-order valence-corrected chi connectivity index (χ3v) is 5.34. The molecule has 1 unspecified atom stereocenters. The van der Waals surface area contributed by atoms with Gasteiger partial charge in [-0.3, -0.25) is 4.79 Å². The lowest BCUT2D eigenvalue weighted by Gasteiger charge is -2.18. The van der Waals surface area contributed by atoms with Crippen LogP contribution in [0.1, 0.15) is 52.9 Å². The molecule has 0 bridgehead atoms. The average molecular weight is 279 g/mol. The van der Waals surface area contributed by atoms with Crippen LogP contribution in [0.4, 0.5) is 0 Å². The highest BCUT2D eigenvalue weighted by atomic mass is 32.1. The molecule has 3 rings (SSSR count). The van der Waals surface area contributed by atoms with Crippen LogP contribution in [-0.4, -0.2) is 23.7 Å². The number of aliphatic hydroxyl groups is 1. The summed E-state index contributed by atoms with van der Waals surface area (Å²) in [7, 11) is 0. The lowest BCUT2D eigenvalue weighted by molar-refractivity contribution is 0.0923. The van der Waals surface area contributed by atoms with Gasteiger partial charge in [0.1, 0.15) is 0 Å². The Balaban J connectivity index is 1.70. The molecule has 0 radical (unpaired) electrons. The second-order valence-corrected chi connectivity index (χ2v) is 6.65. The molecule has 0 spiro atoms. The average Bonchev–Trinajstić information content (AvgIpc) is 3.17. The lowest BCUT2D eigenvalue weighted by Crippen LogP contribution is -2.37. The molecule has 1 fully saturated rings. The van der Waals surface area contributed by atoms with Gasteiger partial charge in [0.05, 0.1) is 5.56 Å². The number of hydrogen-bond donors (Lipinski definition) is 2. The molecule has 1 atom stereocenters. The molecule has 2 N–H and O–H groups in total. The van der Waals surface area contributed by atoms with Gasteiger partial charge in [0.2, 0.25) is 0 Å². The van der Waals surface area contributed by atoms with Crippen LogP contribution in [-0.2, 0) is 12.8 Å². The van der Waals surface area contributed by atoms with Crippen molar-refractivity contribution >= 4 is 17.2 Å². The predicted molar refractivity (Wildman–Crippen MR) is 76.6 cm³/mol. The molecule has 1 heterocycles. The van der Waals surface area contributed by atoms with Crippen LogP contribution in [0, 0.1) is 5.92 Å². The maximum absolute atomic E-state index is 12.4. The van der Waals surface area contributed by atoms with Crippen LogP contribution in [0.3, 0.4) is 0 Å². The molecule has 1 aromatic rings. The standard InChI is InChI=1S/C15H21NO2S/c17-8-7-13(10-5-6-10)16-15(18)12-9-19-14-4-2-1-3-11(12)14/h9-10,13,17H,1-8H2,(H,16,18). The molecular weight excluding hydrogens is 258 g/mol. The molecule has 1 amide bonds. The van der Waals surface area contributed by atoms with Gasteiger partial charge in [0.15, 0.2) is 0 Å². The molecule has 2 aliphatic carbocycles. The highest BCUT2D eigenvalue weighted by Crippen LogP contribution is 2.35. The number of thiophene rings is 1. The van der Waals surface area contributed by atoms with Crippen LogP contribution in [0.2, 0.25) is 0 Å². The zero-order chi connectivity index (χ0) is 13.2. The Bertz CT molecular complexity index is 465. The molecule has 19 heavy (non-hydrogen) atoms. The molecule has 4 heteroatoms. The predicted octanol–water partition coefficient (Wildman–Crippen LogP) is 2.52. The van der Waals surface area contributed by atoms with Crippen LogP contribution in [0.5, 0.6) is 0 Å². The number of aliphatic hydroxyl groups excluding tert-OH is 1. The largest absolute Gasteiger partial charge is 0.396 e. The smallest absolute Gasteiger partial charge is 0.252 e. The van der Waals surface area contributed by atoms with Crippen molar-refractivity contribution in [2.45, 2.75) is 51.0 Å². The highest BCUT2D eigenvalue weighted by molar-refractivity contribution is 7.10. The van der Waals surface area contributed by atoms with Crippen LogP contribution >= 0.6 is 11.3 Å².